The Balaban J connectivity index is 1.38. The second kappa shape index (κ2) is 5.58. The second-order valence-corrected chi connectivity index (χ2v) is 6.57. The molecule has 3 aliphatic heterocycles. The Bertz CT molecular complexity index is 880. The summed E-state index contributed by atoms with van der Waals surface area (Å²) in [7, 11) is 0. The molecule has 2 unspecified atom stereocenters. The van der Waals surface area contributed by atoms with Crippen LogP contribution in [0.15, 0.2) is 36.8 Å². The van der Waals surface area contributed by atoms with Gasteiger partial charge in [-0.3, -0.25) is 4.79 Å². The Morgan fingerprint density at radius 1 is 1.24 bits per heavy atom. The van der Waals surface area contributed by atoms with E-state index >= 15 is 0 Å². The van der Waals surface area contributed by atoms with E-state index in [1.165, 1.54) is 0 Å². The van der Waals surface area contributed by atoms with E-state index in [0.29, 0.717) is 0 Å². The lowest BCUT2D eigenvalue weighted by Gasteiger charge is -2.34. The van der Waals surface area contributed by atoms with Crippen LogP contribution in [-0.4, -0.2) is 33.6 Å². The Morgan fingerprint density at radius 2 is 2.16 bits per heavy atom. The lowest BCUT2D eigenvalue weighted by Crippen LogP contribution is -2.41. The maximum Gasteiger partial charge on any atom is 0.247 e. The second-order valence-electron chi connectivity index (χ2n) is 6.57. The van der Waals surface area contributed by atoms with Crippen molar-refractivity contribution in [2.75, 3.05) is 6.79 Å². The molecule has 0 aliphatic carbocycles. The first-order valence-electron chi connectivity index (χ1n) is 8.48. The number of fused-ring (bicyclic) bond motifs is 5. The summed E-state index contributed by atoms with van der Waals surface area (Å²) in [5.74, 6) is 1.51. The molecule has 0 N–H and O–H groups in total. The van der Waals surface area contributed by atoms with E-state index in [-0.39, 0.29) is 24.8 Å². The average Bonchev–Trinajstić information content (AvgIpc) is 3.23. The van der Waals surface area contributed by atoms with Crippen molar-refractivity contribution in [3.63, 3.8) is 0 Å². The van der Waals surface area contributed by atoms with Gasteiger partial charge in [0.05, 0.1) is 11.7 Å². The highest BCUT2D eigenvalue weighted by Crippen LogP contribution is 2.42. The molecular weight excluding hydrogens is 318 g/mol. The summed E-state index contributed by atoms with van der Waals surface area (Å²) in [4.78, 5) is 23.3. The van der Waals surface area contributed by atoms with Crippen LogP contribution in [0.1, 0.15) is 35.7 Å². The van der Waals surface area contributed by atoms with Gasteiger partial charge < -0.3 is 14.4 Å². The van der Waals surface area contributed by atoms with E-state index in [2.05, 4.69) is 9.97 Å². The molecular formula is C19H17N3O3. The third kappa shape index (κ3) is 2.36. The van der Waals surface area contributed by atoms with Crippen LogP contribution in [0.2, 0.25) is 0 Å². The zero-order chi connectivity index (χ0) is 16.8. The Morgan fingerprint density at radius 3 is 3.12 bits per heavy atom. The number of carbonyl (C=O) groups excluding carboxylic acids is 1. The number of aromatic nitrogens is 2. The van der Waals surface area contributed by atoms with Crippen LogP contribution in [0.4, 0.5) is 0 Å². The highest BCUT2D eigenvalue weighted by atomic mass is 16.7. The molecule has 6 heteroatoms. The normalized spacial score (nSPS) is 23.1. The van der Waals surface area contributed by atoms with Gasteiger partial charge in [0.1, 0.15) is 6.33 Å². The largest absolute Gasteiger partial charge is 0.454 e. The van der Waals surface area contributed by atoms with Crippen molar-refractivity contribution in [1.29, 1.82) is 0 Å². The standard InChI is InChI=1S/C19H17N3O3/c23-19(6-2-12-1-5-17-18(7-12)25-11-24-17)22-13-3-4-16(22)14-9-20-10-21-15(14)8-13/h1-2,5-7,9-10,13,16H,3-4,8,11H2/b6-2+. The molecule has 2 atom stereocenters. The van der Waals surface area contributed by atoms with Crippen LogP contribution in [0.3, 0.4) is 0 Å². The SMILES string of the molecule is O=C(/C=C/c1ccc2c(c1)OCO2)N1C2CCC1c1cncnc1C2. The van der Waals surface area contributed by atoms with Crippen LogP contribution in [0.5, 0.6) is 11.5 Å². The number of rotatable bonds is 2. The third-order valence-corrected chi connectivity index (χ3v) is 5.19. The number of carbonyl (C=O) groups is 1. The lowest BCUT2D eigenvalue weighted by molar-refractivity contribution is -0.129. The number of ether oxygens (including phenoxy) is 2. The van der Waals surface area contributed by atoms with Crippen molar-refractivity contribution in [3.8, 4) is 11.5 Å². The van der Waals surface area contributed by atoms with Gasteiger partial charge in [-0.15, -0.1) is 0 Å². The first-order valence-corrected chi connectivity index (χ1v) is 8.48. The van der Waals surface area contributed by atoms with Crippen LogP contribution >= 0.6 is 0 Å². The summed E-state index contributed by atoms with van der Waals surface area (Å²) < 4.78 is 10.7. The fraction of sp³-hybridized carbons (Fsp3) is 0.316. The van der Waals surface area contributed by atoms with Gasteiger partial charge in [-0.05, 0) is 36.6 Å². The molecule has 1 aromatic heterocycles. The average molecular weight is 335 g/mol. The van der Waals surface area contributed by atoms with Gasteiger partial charge >= 0.3 is 0 Å². The summed E-state index contributed by atoms with van der Waals surface area (Å²) in [5.41, 5.74) is 3.11. The first kappa shape index (κ1) is 14.5. The van der Waals surface area contributed by atoms with E-state index in [0.717, 1.165) is 47.6 Å². The van der Waals surface area contributed by atoms with E-state index in [4.69, 9.17) is 9.47 Å². The van der Waals surface area contributed by atoms with Gasteiger partial charge in [0.15, 0.2) is 11.5 Å². The van der Waals surface area contributed by atoms with E-state index < -0.39 is 0 Å². The van der Waals surface area contributed by atoms with Crippen molar-refractivity contribution in [2.24, 2.45) is 0 Å². The maximum absolute atomic E-state index is 12.8. The third-order valence-electron chi connectivity index (χ3n) is 5.19. The molecule has 0 radical (unpaired) electrons. The molecule has 1 saturated heterocycles. The minimum Gasteiger partial charge on any atom is -0.454 e. The molecule has 25 heavy (non-hydrogen) atoms. The summed E-state index contributed by atoms with van der Waals surface area (Å²) >= 11 is 0. The minimum absolute atomic E-state index is 0.0414. The number of amides is 1. The number of hydrogen-bond donors (Lipinski definition) is 0. The number of nitrogens with zero attached hydrogens (tertiary/aromatic N) is 3. The Hall–Kier alpha value is -2.89. The predicted molar refractivity (Wildman–Crippen MR) is 89.9 cm³/mol. The van der Waals surface area contributed by atoms with Gasteiger partial charge in [0, 0.05) is 30.3 Å². The van der Waals surface area contributed by atoms with Gasteiger partial charge in [-0.2, -0.15) is 0 Å². The van der Waals surface area contributed by atoms with Gasteiger partial charge in [-0.1, -0.05) is 6.07 Å². The van der Waals surface area contributed by atoms with Gasteiger partial charge in [0.25, 0.3) is 0 Å². The highest BCUT2D eigenvalue weighted by Gasteiger charge is 2.42. The quantitative estimate of drug-likeness (QED) is 0.789. The smallest absolute Gasteiger partial charge is 0.247 e. The lowest BCUT2D eigenvalue weighted by atomic mass is 9.99. The summed E-state index contributed by atoms with van der Waals surface area (Å²) in [6.07, 6.45) is 9.75. The van der Waals surface area contributed by atoms with Crippen LogP contribution in [0, 0.1) is 0 Å². The predicted octanol–water partition coefficient (Wildman–Crippen LogP) is 2.51. The first-order chi connectivity index (χ1) is 12.3. The molecule has 4 heterocycles. The van der Waals surface area contributed by atoms with Crippen molar-refractivity contribution in [2.45, 2.75) is 31.3 Å². The Kier molecular flexibility index (Phi) is 3.23. The molecule has 1 fully saturated rings. The molecule has 0 spiro atoms. The van der Waals surface area contributed by atoms with Gasteiger partial charge in [-0.25, -0.2) is 9.97 Å². The van der Waals surface area contributed by atoms with Crippen LogP contribution in [-0.2, 0) is 11.2 Å². The summed E-state index contributed by atoms with van der Waals surface area (Å²) in [6, 6.07) is 6.01. The van der Waals surface area contributed by atoms with Crippen LogP contribution in [0.25, 0.3) is 6.08 Å². The molecule has 126 valence electrons. The minimum atomic E-state index is 0.0414. The molecule has 1 amide bonds. The Labute approximate surface area is 145 Å². The van der Waals surface area contributed by atoms with Gasteiger partial charge in [0.2, 0.25) is 12.7 Å². The van der Waals surface area contributed by atoms with Crippen molar-refractivity contribution in [3.05, 3.63) is 53.6 Å². The molecule has 5 rings (SSSR count). The van der Waals surface area contributed by atoms with Crippen molar-refractivity contribution in [1.82, 2.24) is 14.9 Å². The summed E-state index contributed by atoms with van der Waals surface area (Å²) in [6.45, 7) is 0.250. The number of benzene rings is 1. The highest BCUT2D eigenvalue weighted by molar-refractivity contribution is 5.92. The fourth-order valence-corrected chi connectivity index (χ4v) is 4.03. The topological polar surface area (TPSA) is 64.6 Å². The number of hydrogen-bond acceptors (Lipinski definition) is 5. The summed E-state index contributed by atoms with van der Waals surface area (Å²) in [5, 5.41) is 0. The molecule has 1 aromatic carbocycles. The molecule has 0 saturated carbocycles. The van der Waals surface area contributed by atoms with E-state index in [1.54, 1.807) is 12.4 Å². The molecule has 2 bridgehead atoms. The molecule has 6 nitrogen and oxygen atoms in total. The zero-order valence-electron chi connectivity index (χ0n) is 13.6. The van der Waals surface area contributed by atoms with E-state index in [1.807, 2.05) is 35.4 Å². The van der Waals surface area contributed by atoms with E-state index in [9.17, 15) is 4.79 Å². The zero-order valence-corrected chi connectivity index (χ0v) is 13.6. The van der Waals surface area contributed by atoms with Crippen molar-refractivity contribution >= 4 is 12.0 Å². The molecule has 2 aromatic rings. The maximum atomic E-state index is 12.8. The van der Waals surface area contributed by atoms with Crippen molar-refractivity contribution < 1.29 is 14.3 Å². The monoisotopic (exact) mass is 335 g/mol. The fourth-order valence-electron chi connectivity index (χ4n) is 4.03. The van der Waals surface area contributed by atoms with Crippen LogP contribution < -0.4 is 9.47 Å². The molecule has 3 aliphatic rings.